The Labute approximate surface area is 55.4 Å². The topological polar surface area (TPSA) is 0 Å². The Balaban J connectivity index is -0.000000125. The first-order valence-corrected chi connectivity index (χ1v) is 1.01. The summed E-state index contributed by atoms with van der Waals surface area (Å²) in [5, 5.41) is 0. The van der Waals surface area contributed by atoms with Gasteiger partial charge in [0.25, 0.3) is 0 Å². The standard InChI is InChI=1S/C2F4.2ClH/c3-1(4)2(5)6;;/h;2*1H. The van der Waals surface area contributed by atoms with Gasteiger partial charge in [-0.3, -0.25) is 0 Å². The fourth-order valence-electron chi connectivity index (χ4n) is 0. The summed E-state index contributed by atoms with van der Waals surface area (Å²) in [6, 6.07) is 0. The molecule has 0 saturated heterocycles. The van der Waals surface area contributed by atoms with E-state index in [1.165, 1.54) is 0 Å². The van der Waals surface area contributed by atoms with Crippen LogP contribution in [0, 0.1) is 0 Å². The maximum Gasteiger partial charge on any atom is 0.334 e. The lowest BCUT2D eigenvalue weighted by atomic mass is 11.1. The van der Waals surface area contributed by atoms with Gasteiger partial charge in [-0.1, -0.05) is 0 Å². The second-order valence-corrected chi connectivity index (χ2v) is 0.521. The highest BCUT2D eigenvalue weighted by atomic mass is 35.5. The Morgan fingerprint density at radius 3 is 0.750 bits per heavy atom. The molecule has 0 atom stereocenters. The van der Waals surface area contributed by atoms with Gasteiger partial charge in [-0.2, -0.15) is 17.6 Å². The van der Waals surface area contributed by atoms with E-state index in [2.05, 4.69) is 0 Å². The van der Waals surface area contributed by atoms with Crippen LogP contribution in [-0.4, -0.2) is 0 Å². The molecule has 0 aromatic heterocycles. The third kappa shape index (κ3) is 9.40. The van der Waals surface area contributed by atoms with Gasteiger partial charge in [0, 0.05) is 0 Å². The zero-order chi connectivity index (χ0) is 5.15. The smallest absolute Gasteiger partial charge is 0.167 e. The van der Waals surface area contributed by atoms with Gasteiger partial charge in [-0.25, -0.2) is 0 Å². The summed E-state index contributed by atoms with van der Waals surface area (Å²) in [7, 11) is 0. The Hall–Kier alpha value is 0.0400. The Morgan fingerprint density at radius 1 is 0.625 bits per heavy atom. The van der Waals surface area contributed by atoms with Crippen molar-refractivity contribution in [2.24, 2.45) is 0 Å². The highest BCUT2D eigenvalue weighted by molar-refractivity contribution is 5.85. The maximum absolute atomic E-state index is 10.3. The highest BCUT2D eigenvalue weighted by Crippen LogP contribution is 2.08. The minimum atomic E-state index is -2.91. The molecule has 0 aliphatic rings. The van der Waals surface area contributed by atoms with Gasteiger partial charge in [0.1, 0.15) is 0 Å². The molecular weight excluding hydrogens is 171 g/mol. The quantitative estimate of drug-likeness (QED) is 0.494. The Kier molecular flexibility index (Phi) is 13.8. The van der Waals surface area contributed by atoms with Crippen LogP contribution in [0.4, 0.5) is 17.6 Å². The zero-order valence-electron chi connectivity index (χ0n) is 3.33. The average molecular weight is 173 g/mol. The molecule has 8 heavy (non-hydrogen) atoms. The van der Waals surface area contributed by atoms with Crippen LogP contribution in [0.1, 0.15) is 0 Å². The summed E-state index contributed by atoms with van der Waals surface area (Å²) in [6.45, 7) is 0. The number of hydrogen-bond donors (Lipinski definition) is 0. The minimum Gasteiger partial charge on any atom is -0.167 e. The molecule has 0 aliphatic heterocycles. The van der Waals surface area contributed by atoms with Gasteiger partial charge in [0.2, 0.25) is 0 Å². The molecule has 0 saturated carbocycles. The zero-order valence-corrected chi connectivity index (χ0v) is 4.96. The highest BCUT2D eigenvalue weighted by Gasteiger charge is 1.98. The molecule has 6 heteroatoms. The van der Waals surface area contributed by atoms with Crippen LogP contribution in [0.3, 0.4) is 0 Å². The third-order valence-corrected chi connectivity index (χ3v) is 0.143. The van der Waals surface area contributed by atoms with E-state index in [-0.39, 0.29) is 24.8 Å². The first-order chi connectivity index (χ1) is 2.64. The minimum absolute atomic E-state index is 0. The summed E-state index contributed by atoms with van der Waals surface area (Å²) in [5.41, 5.74) is 0. The van der Waals surface area contributed by atoms with Gasteiger partial charge < -0.3 is 0 Å². The fourth-order valence-corrected chi connectivity index (χ4v) is 0. The molecule has 0 nitrogen and oxygen atoms in total. The average Bonchev–Trinajstić information content (AvgIpc) is 1.36. The lowest BCUT2D eigenvalue weighted by molar-refractivity contribution is 0.308. The maximum atomic E-state index is 10.3. The molecule has 0 aliphatic carbocycles. The van der Waals surface area contributed by atoms with Crippen molar-refractivity contribution in [3.63, 3.8) is 0 Å². The van der Waals surface area contributed by atoms with Crippen LogP contribution in [0.25, 0.3) is 0 Å². The van der Waals surface area contributed by atoms with Crippen LogP contribution < -0.4 is 0 Å². The molecule has 0 heterocycles. The number of rotatable bonds is 0. The Bertz CT molecular complexity index is 62.1. The lowest BCUT2D eigenvalue weighted by Gasteiger charge is -1.69. The molecular formula is C2H2Cl2F4. The lowest BCUT2D eigenvalue weighted by Crippen LogP contribution is -1.56. The molecule has 0 spiro atoms. The molecule has 0 bridgehead atoms. The van der Waals surface area contributed by atoms with Crippen molar-refractivity contribution in [3.05, 3.63) is 12.2 Å². The van der Waals surface area contributed by atoms with Gasteiger partial charge in [0.05, 0.1) is 0 Å². The molecule has 0 N–H and O–H groups in total. The monoisotopic (exact) mass is 172 g/mol. The van der Waals surface area contributed by atoms with Crippen molar-refractivity contribution in [3.8, 4) is 0 Å². The van der Waals surface area contributed by atoms with E-state index in [0.29, 0.717) is 0 Å². The summed E-state index contributed by atoms with van der Waals surface area (Å²) >= 11 is 0. The van der Waals surface area contributed by atoms with E-state index < -0.39 is 12.2 Å². The van der Waals surface area contributed by atoms with Crippen molar-refractivity contribution >= 4 is 24.8 Å². The van der Waals surface area contributed by atoms with Crippen LogP contribution in [0.2, 0.25) is 0 Å². The number of halogens is 6. The van der Waals surface area contributed by atoms with E-state index in [0.717, 1.165) is 0 Å². The normalized spacial score (nSPS) is 6.00. The van der Waals surface area contributed by atoms with Crippen molar-refractivity contribution in [1.29, 1.82) is 0 Å². The SMILES string of the molecule is Cl.Cl.FC(F)=C(F)F. The van der Waals surface area contributed by atoms with E-state index in [1.54, 1.807) is 0 Å². The van der Waals surface area contributed by atoms with Gasteiger partial charge in [-0.05, 0) is 0 Å². The van der Waals surface area contributed by atoms with Crippen LogP contribution in [0.5, 0.6) is 0 Å². The van der Waals surface area contributed by atoms with E-state index in [4.69, 9.17) is 0 Å². The van der Waals surface area contributed by atoms with Crippen molar-refractivity contribution in [2.75, 3.05) is 0 Å². The first-order valence-electron chi connectivity index (χ1n) is 1.01. The van der Waals surface area contributed by atoms with Crippen LogP contribution in [-0.2, 0) is 0 Å². The third-order valence-electron chi connectivity index (χ3n) is 0.143. The van der Waals surface area contributed by atoms with Crippen molar-refractivity contribution in [1.82, 2.24) is 0 Å². The largest absolute Gasteiger partial charge is 0.334 e. The van der Waals surface area contributed by atoms with Gasteiger partial charge in [0.15, 0.2) is 0 Å². The van der Waals surface area contributed by atoms with Crippen molar-refractivity contribution in [2.45, 2.75) is 0 Å². The molecule has 0 radical (unpaired) electrons. The summed E-state index contributed by atoms with van der Waals surface area (Å²) < 4.78 is 41.1. The van der Waals surface area contributed by atoms with Gasteiger partial charge >= 0.3 is 12.2 Å². The van der Waals surface area contributed by atoms with E-state index in [9.17, 15) is 17.6 Å². The Morgan fingerprint density at radius 2 is 0.750 bits per heavy atom. The molecule has 52 valence electrons. The fraction of sp³-hybridized carbons (Fsp3) is 0. The van der Waals surface area contributed by atoms with Crippen LogP contribution >= 0.6 is 24.8 Å². The predicted octanol–water partition coefficient (Wildman–Crippen LogP) is 2.83. The van der Waals surface area contributed by atoms with Gasteiger partial charge in [-0.15, -0.1) is 24.8 Å². The molecule has 0 unspecified atom stereocenters. The van der Waals surface area contributed by atoms with E-state index >= 15 is 0 Å². The second kappa shape index (κ2) is 7.04. The first kappa shape index (κ1) is 15.7. The van der Waals surface area contributed by atoms with E-state index in [1.807, 2.05) is 0 Å². The summed E-state index contributed by atoms with van der Waals surface area (Å²) in [4.78, 5) is 0. The molecule has 0 fully saturated rings. The molecule has 0 aromatic carbocycles. The van der Waals surface area contributed by atoms with Crippen molar-refractivity contribution < 1.29 is 17.6 Å². The number of hydrogen-bond acceptors (Lipinski definition) is 0. The van der Waals surface area contributed by atoms with Crippen LogP contribution in [0.15, 0.2) is 12.2 Å². The second-order valence-electron chi connectivity index (χ2n) is 0.521. The molecule has 0 amide bonds. The predicted molar refractivity (Wildman–Crippen MR) is 26.0 cm³/mol. The molecule has 0 rings (SSSR count). The summed E-state index contributed by atoms with van der Waals surface area (Å²) in [5.74, 6) is 0. The summed E-state index contributed by atoms with van der Waals surface area (Å²) in [6.07, 6.45) is -5.81. The molecule has 0 aromatic rings.